The van der Waals surface area contributed by atoms with Crippen molar-refractivity contribution >= 4 is 17.8 Å². The quantitative estimate of drug-likeness (QED) is 0.285. The molecule has 2 aromatic heterocycles. The maximum Gasteiger partial charge on any atom is 0.248 e. The fraction of sp³-hybridized carbons (Fsp3) is 0.222. The van der Waals surface area contributed by atoms with Crippen LogP contribution in [0.4, 0.5) is 11.9 Å². The molecule has 11 heteroatoms. The Hall–Kier alpha value is -2.79. The highest BCUT2D eigenvalue weighted by molar-refractivity contribution is 5.79. The number of anilines is 2. The largest absolute Gasteiger partial charge is 0.381 e. The first kappa shape index (κ1) is 13.6. The van der Waals surface area contributed by atoms with Crippen molar-refractivity contribution in [3.63, 3.8) is 0 Å². The third kappa shape index (κ3) is 3.15. The molecule has 0 saturated carbocycles. The van der Waals surface area contributed by atoms with Crippen molar-refractivity contribution in [1.82, 2.24) is 24.5 Å². The van der Waals surface area contributed by atoms with Gasteiger partial charge in [-0.2, -0.15) is 15.0 Å². The van der Waals surface area contributed by atoms with E-state index in [2.05, 4.69) is 30.7 Å². The number of nitrogen functional groups attached to an aromatic ring is 1. The maximum absolute atomic E-state index is 10.7. The number of aliphatic hydroxyl groups excluding tert-OH is 1. The molecule has 1 unspecified atom stereocenters. The van der Waals surface area contributed by atoms with E-state index >= 15 is 0 Å². The van der Waals surface area contributed by atoms with E-state index in [1.807, 2.05) is 0 Å². The summed E-state index contributed by atoms with van der Waals surface area (Å²) in [5.41, 5.74) is 7.23. The van der Waals surface area contributed by atoms with E-state index in [1.165, 1.54) is 10.9 Å². The number of hydrogen-bond acceptors (Lipinski definition) is 9. The first-order valence-corrected chi connectivity index (χ1v) is 5.52. The molecular weight excluding hydrogens is 266 g/mol. The van der Waals surface area contributed by atoms with Gasteiger partial charge in [-0.05, 0) is 0 Å². The first-order valence-electron chi connectivity index (χ1n) is 5.52. The molecule has 0 aliphatic carbocycles. The minimum Gasteiger partial charge on any atom is -0.381 e. The molecule has 106 valence electrons. The summed E-state index contributed by atoms with van der Waals surface area (Å²) >= 11 is 0. The first-order chi connectivity index (χ1) is 9.60. The third-order valence-electron chi connectivity index (χ3n) is 2.27. The number of nitrogens with two attached hydrogens (primary N) is 2. The van der Waals surface area contributed by atoms with Crippen molar-refractivity contribution in [3.8, 4) is 5.95 Å². The average molecular weight is 279 g/mol. The van der Waals surface area contributed by atoms with Gasteiger partial charge >= 0.3 is 0 Å². The fourth-order valence-electron chi connectivity index (χ4n) is 1.29. The van der Waals surface area contributed by atoms with E-state index in [9.17, 15) is 9.90 Å². The lowest BCUT2D eigenvalue weighted by Crippen LogP contribution is -2.34. The summed E-state index contributed by atoms with van der Waals surface area (Å²) in [4.78, 5) is 26.6. The van der Waals surface area contributed by atoms with Gasteiger partial charge in [-0.1, -0.05) is 0 Å². The van der Waals surface area contributed by atoms with E-state index in [1.54, 1.807) is 12.4 Å². The van der Waals surface area contributed by atoms with E-state index < -0.39 is 12.0 Å². The number of carbonyl (C=O) groups is 1. The highest BCUT2D eigenvalue weighted by Crippen LogP contribution is 2.08. The second kappa shape index (κ2) is 5.90. The number of imidazole rings is 1. The predicted molar refractivity (Wildman–Crippen MR) is 68.5 cm³/mol. The zero-order valence-electron chi connectivity index (χ0n) is 10.3. The van der Waals surface area contributed by atoms with Crippen LogP contribution in [0.25, 0.3) is 5.95 Å². The monoisotopic (exact) mass is 279 g/mol. The average Bonchev–Trinajstić information content (AvgIpc) is 2.98. The number of primary amides is 1. The Morgan fingerprint density at radius 1 is 1.40 bits per heavy atom. The van der Waals surface area contributed by atoms with Crippen LogP contribution in [0.3, 0.4) is 0 Å². The summed E-state index contributed by atoms with van der Waals surface area (Å²) in [6.07, 6.45) is 3.34. The standard InChI is InChI=1S/C9H13N9O2/c10-6(20)5(19)3-13-7-14-8(17-11)16-9(15-7)18-2-1-12-4-18/h1-2,4-5,19H,3,11H2,(H2,10,20)(H2,13,14,15,16,17). The van der Waals surface area contributed by atoms with Crippen molar-refractivity contribution < 1.29 is 9.90 Å². The number of amides is 1. The summed E-state index contributed by atoms with van der Waals surface area (Å²) < 4.78 is 1.54. The van der Waals surface area contributed by atoms with E-state index in [0.717, 1.165) is 0 Å². The second-order valence-electron chi connectivity index (χ2n) is 3.70. The lowest BCUT2D eigenvalue weighted by molar-refractivity contribution is -0.125. The Balaban J connectivity index is 2.20. The topological polar surface area (TPSA) is 170 Å². The van der Waals surface area contributed by atoms with Crippen molar-refractivity contribution in [2.45, 2.75) is 6.10 Å². The lowest BCUT2D eigenvalue weighted by atomic mass is 10.3. The summed E-state index contributed by atoms with van der Waals surface area (Å²) in [7, 11) is 0. The summed E-state index contributed by atoms with van der Waals surface area (Å²) in [5, 5.41) is 12.0. The van der Waals surface area contributed by atoms with Crippen molar-refractivity contribution in [2.24, 2.45) is 11.6 Å². The molecule has 2 heterocycles. The highest BCUT2D eigenvalue weighted by atomic mass is 16.3. The van der Waals surface area contributed by atoms with Gasteiger partial charge in [0.25, 0.3) is 0 Å². The van der Waals surface area contributed by atoms with Gasteiger partial charge in [0.2, 0.25) is 23.8 Å². The lowest BCUT2D eigenvalue weighted by Gasteiger charge is -2.10. The van der Waals surface area contributed by atoms with E-state index in [0.29, 0.717) is 0 Å². The molecule has 0 aliphatic heterocycles. The molecular formula is C9H13N9O2. The van der Waals surface area contributed by atoms with Gasteiger partial charge in [-0.15, -0.1) is 0 Å². The Morgan fingerprint density at radius 3 is 2.75 bits per heavy atom. The second-order valence-corrected chi connectivity index (χ2v) is 3.70. The highest BCUT2D eigenvalue weighted by Gasteiger charge is 2.12. The minimum atomic E-state index is -1.35. The Morgan fingerprint density at radius 2 is 2.15 bits per heavy atom. The van der Waals surface area contributed by atoms with Gasteiger partial charge in [0.05, 0.1) is 6.54 Å². The van der Waals surface area contributed by atoms with E-state index in [-0.39, 0.29) is 24.4 Å². The molecule has 1 amide bonds. The van der Waals surface area contributed by atoms with Gasteiger partial charge in [-0.3, -0.25) is 14.8 Å². The molecule has 2 aromatic rings. The third-order valence-corrected chi connectivity index (χ3v) is 2.27. The SMILES string of the molecule is NNc1nc(NCC(O)C(N)=O)nc(-n2ccnc2)n1. The fourth-order valence-corrected chi connectivity index (χ4v) is 1.29. The molecule has 0 radical (unpaired) electrons. The Bertz CT molecular complexity index is 585. The van der Waals surface area contributed by atoms with Crippen molar-refractivity contribution in [1.29, 1.82) is 0 Å². The van der Waals surface area contributed by atoms with Crippen LogP contribution in [0.15, 0.2) is 18.7 Å². The van der Waals surface area contributed by atoms with Crippen LogP contribution in [0.1, 0.15) is 0 Å². The molecule has 0 bridgehead atoms. The molecule has 7 N–H and O–H groups in total. The maximum atomic E-state index is 10.7. The normalized spacial score (nSPS) is 11.9. The van der Waals surface area contributed by atoms with Gasteiger partial charge in [0.1, 0.15) is 12.4 Å². The molecule has 20 heavy (non-hydrogen) atoms. The number of carbonyl (C=O) groups excluding carboxylic acids is 1. The van der Waals surface area contributed by atoms with Gasteiger partial charge < -0.3 is 16.2 Å². The van der Waals surface area contributed by atoms with Crippen LogP contribution in [-0.2, 0) is 4.79 Å². The molecule has 0 aliphatic rings. The molecule has 0 saturated heterocycles. The van der Waals surface area contributed by atoms with Crippen LogP contribution < -0.4 is 22.3 Å². The van der Waals surface area contributed by atoms with Crippen LogP contribution in [0.5, 0.6) is 0 Å². The predicted octanol–water partition coefficient (Wildman–Crippen LogP) is -2.40. The number of nitrogens with one attached hydrogen (secondary N) is 2. The summed E-state index contributed by atoms with van der Waals surface area (Å²) in [6, 6.07) is 0. The zero-order chi connectivity index (χ0) is 14.5. The van der Waals surface area contributed by atoms with Crippen LogP contribution in [0, 0.1) is 0 Å². The summed E-state index contributed by atoms with van der Waals surface area (Å²) in [6.45, 7) is -0.132. The summed E-state index contributed by atoms with van der Waals surface area (Å²) in [5.74, 6) is 4.92. The van der Waals surface area contributed by atoms with Crippen LogP contribution in [-0.4, -0.2) is 48.2 Å². The van der Waals surface area contributed by atoms with E-state index in [4.69, 9.17) is 11.6 Å². The number of aliphatic hydroxyl groups is 1. The number of hydrogen-bond donors (Lipinski definition) is 5. The Labute approximate surface area is 113 Å². The number of rotatable bonds is 6. The smallest absolute Gasteiger partial charge is 0.248 e. The zero-order valence-corrected chi connectivity index (χ0v) is 10.3. The molecule has 2 rings (SSSR count). The van der Waals surface area contributed by atoms with Crippen molar-refractivity contribution in [2.75, 3.05) is 17.3 Å². The van der Waals surface area contributed by atoms with Gasteiger partial charge in [0.15, 0.2) is 0 Å². The molecule has 0 aromatic carbocycles. The van der Waals surface area contributed by atoms with Gasteiger partial charge in [0, 0.05) is 12.4 Å². The van der Waals surface area contributed by atoms with Crippen molar-refractivity contribution in [3.05, 3.63) is 18.7 Å². The number of nitrogens with zero attached hydrogens (tertiary/aromatic N) is 5. The molecule has 1 atom stereocenters. The molecule has 0 spiro atoms. The number of hydrazine groups is 1. The number of aromatic nitrogens is 5. The Kier molecular flexibility index (Phi) is 4.02. The van der Waals surface area contributed by atoms with Crippen LogP contribution in [0.2, 0.25) is 0 Å². The minimum absolute atomic E-state index is 0.111. The molecule has 0 fully saturated rings. The van der Waals surface area contributed by atoms with Gasteiger partial charge in [-0.25, -0.2) is 10.8 Å². The molecule has 11 nitrogen and oxygen atoms in total. The van der Waals surface area contributed by atoms with Crippen LogP contribution >= 0.6 is 0 Å².